The van der Waals surface area contributed by atoms with Crippen molar-refractivity contribution in [2.75, 3.05) is 41.1 Å². The molecule has 6 N–H and O–H groups in total. The van der Waals surface area contributed by atoms with Crippen LogP contribution in [-0.2, 0) is 12.8 Å². The standard InChI is InChI=1S/C21H22FN7.C19H16F2N6/c1-4-19-25-16-10-5-13(22)11-17(16)29(19)20-12-18(23)26-21(27-20)24-14-6-8-15(9-7-14)28(2)3;1-2-17-24-14-7-6-12(21)9-15(14)27(17)18-10-16(22)25-19(26-18)23-13-5-3-4-11(20)8-13/h5-12H,4H2,1-3H3,(H3,23,24,26,27);3-10H,2H2,1H3,(H3,22,23,25,26). The number of anilines is 7. The van der Waals surface area contributed by atoms with Crippen molar-refractivity contribution in [3.05, 3.63) is 126 Å². The molecule has 0 bridgehead atoms. The third-order valence-corrected chi connectivity index (χ3v) is 8.65. The van der Waals surface area contributed by atoms with Crippen molar-refractivity contribution in [3.8, 4) is 11.6 Å². The Kier molecular flexibility index (Phi) is 10.4. The highest BCUT2D eigenvalue weighted by molar-refractivity contribution is 5.79. The van der Waals surface area contributed by atoms with Gasteiger partial charge in [0.15, 0.2) is 0 Å². The number of nitrogens with one attached hydrogen (secondary N) is 2. The smallest absolute Gasteiger partial charge is 0.231 e. The van der Waals surface area contributed by atoms with Crippen LogP contribution < -0.4 is 27.0 Å². The van der Waals surface area contributed by atoms with E-state index in [9.17, 15) is 13.2 Å². The number of aryl methyl sites for hydroxylation is 2. The molecule has 0 saturated heterocycles. The molecule has 16 heteroatoms. The molecule has 8 aromatic rings. The van der Waals surface area contributed by atoms with Crippen molar-refractivity contribution in [2.45, 2.75) is 26.7 Å². The Morgan fingerprint density at radius 3 is 1.50 bits per heavy atom. The number of imidazole rings is 2. The maximum Gasteiger partial charge on any atom is 0.231 e. The van der Waals surface area contributed by atoms with Crippen LogP contribution in [0, 0.1) is 17.5 Å². The maximum atomic E-state index is 13.9. The van der Waals surface area contributed by atoms with E-state index >= 15 is 0 Å². The van der Waals surface area contributed by atoms with Gasteiger partial charge in [0.25, 0.3) is 0 Å². The van der Waals surface area contributed by atoms with Crippen molar-refractivity contribution < 1.29 is 13.2 Å². The Labute approximate surface area is 319 Å². The first-order valence-electron chi connectivity index (χ1n) is 17.7. The fourth-order valence-corrected chi connectivity index (χ4v) is 6.10. The summed E-state index contributed by atoms with van der Waals surface area (Å²) in [4.78, 5) is 28.6. The topological polar surface area (TPSA) is 167 Å². The van der Waals surface area contributed by atoms with Crippen LogP contribution in [0.25, 0.3) is 33.7 Å². The van der Waals surface area contributed by atoms with Crippen LogP contribution >= 0.6 is 0 Å². The first kappa shape index (κ1) is 37.1. The number of nitrogens with two attached hydrogens (primary N) is 2. The number of hydrogen-bond acceptors (Lipinski definition) is 11. The molecular formula is C40H38F3N13. The lowest BCUT2D eigenvalue weighted by Crippen LogP contribution is -2.09. The molecule has 0 spiro atoms. The molecule has 0 radical (unpaired) electrons. The fraction of sp³-hybridized carbons (Fsp3) is 0.150. The normalized spacial score (nSPS) is 11.1. The number of fused-ring (bicyclic) bond motifs is 2. The lowest BCUT2D eigenvalue weighted by Gasteiger charge is -2.14. The van der Waals surface area contributed by atoms with Crippen molar-refractivity contribution in [1.82, 2.24) is 39.0 Å². The summed E-state index contributed by atoms with van der Waals surface area (Å²) >= 11 is 0. The van der Waals surface area contributed by atoms with Gasteiger partial charge in [-0.3, -0.25) is 9.13 Å². The molecule has 0 aliphatic rings. The average Bonchev–Trinajstić information content (AvgIpc) is 3.72. The van der Waals surface area contributed by atoms with E-state index in [4.69, 9.17) is 11.5 Å². The van der Waals surface area contributed by atoms with Gasteiger partial charge >= 0.3 is 0 Å². The summed E-state index contributed by atoms with van der Waals surface area (Å²) in [5.41, 5.74) is 17.0. The summed E-state index contributed by atoms with van der Waals surface area (Å²) in [5, 5.41) is 6.12. The molecule has 13 nitrogen and oxygen atoms in total. The minimum absolute atomic E-state index is 0.205. The summed E-state index contributed by atoms with van der Waals surface area (Å²) in [7, 11) is 3.97. The van der Waals surface area contributed by atoms with Crippen LogP contribution in [0.1, 0.15) is 25.5 Å². The molecule has 4 aromatic carbocycles. The Morgan fingerprint density at radius 1 is 0.554 bits per heavy atom. The average molecular weight is 758 g/mol. The molecule has 0 unspecified atom stereocenters. The van der Waals surface area contributed by atoms with E-state index in [0.717, 1.165) is 17.2 Å². The van der Waals surface area contributed by atoms with Crippen LogP contribution in [-0.4, -0.2) is 53.1 Å². The maximum absolute atomic E-state index is 13.9. The van der Waals surface area contributed by atoms with Gasteiger partial charge in [0.2, 0.25) is 11.9 Å². The first-order chi connectivity index (χ1) is 27.0. The molecule has 0 atom stereocenters. The monoisotopic (exact) mass is 757 g/mol. The van der Waals surface area contributed by atoms with E-state index in [1.54, 1.807) is 41.0 Å². The zero-order valence-corrected chi connectivity index (χ0v) is 31.0. The summed E-state index contributed by atoms with van der Waals surface area (Å²) in [6, 6.07) is 26.0. The van der Waals surface area contributed by atoms with Gasteiger partial charge in [0.05, 0.1) is 22.1 Å². The van der Waals surface area contributed by atoms with Crippen LogP contribution in [0.3, 0.4) is 0 Å². The lowest BCUT2D eigenvalue weighted by atomic mass is 10.2. The van der Waals surface area contributed by atoms with E-state index < -0.39 is 0 Å². The number of aromatic nitrogens is 8. The van der Waals surface area contributed by atoms with Crippen molar-refractivity contribution >= 4 is 62.7 Å². The zero-order chi connectivity index (χ0) is 39.5. The van der Waals surface area contributed by atoms with Crippen LogP contribution in [0.5, 0.6) is 0 Å². The van der Waals surface area contributed by atoms with E-state index in [-0.39, 0.29) is 29.2 Å². The van der Waals surface area contributed by atoms with Gasteiger partial charge in [-0.2, -0.15) is 19.9 Å². The number of benzene rings is 4. The molecule has 8 rings (SSSR count). The molecule has 4 aromatic heterocycles. The van der Waals surface area contributed by atoms with Gasteiger partial charge in [-0.05, 0) is 66.7 Å². The number of hydrogen-bond donors (Lipinski definition) is 4. The third kappa shape index (κ3) is 7.99. The highest BCUT2D eigenvalue weighted by atomic mass is 19.1. The van der Waals surface area contributed by atoms with Crippen LogP contribution in [0.15, 0.2) is 97.1 Å². The Morgan fingerprint density at radius 2 is 1.04 bits per heavy atom. The molecule has 56 heavy (non-hydrogen) atoms. The highest BCUT2D eigenvalue weighted by Gasteiger charge is 2.17. The number of nitrogens with zero attached hydrogens (tertiary/aromatic N) is 9. The highest BCUT2D eigenvalue weighted by Crippen LogP contribution is 2.27. The number of nitrogen functional groups attached to an aromatic ring is 2. The summed E-state index contributed by atoms with van der Waals surface area (Å²) in [6.45, 7) is 3.94. The van der Waals surface area contributed by atoms with Gasteiger partial charge in [-0.25, -0.2) is 23.1 Å². The summed E-state index contributed by atoms with van der Waals surface area (Å²) in [6.07, 6.45) is 1.28. The van der Waals surface area contributed by atoms with Crippen molar-refractivity contribution in [1.29, 1.82) is 0 Å². The lowest BCUT2D eigenvalue weighted by molar-refractivity contribution is 0.628. The fourth-order valence-electron chi connectivity index (χ4n) is 6.10. The van der Waals surface area contributed by atoms with Crippen LogP contribution in [0.4, 0.5) is 53.8 Å². The van der Waals surface area contributed by atoms with Crippen LogP contribution in [0.2, 0.25) is 0 Å². The van der Waals surface area contributed by atoms with Gasteiger partial charge in [-0.1, -0.05) is 19.9 Å². The molecule has 0 amide bonds. The van der Waals surface area contributed by atoms with E-state index in [1.807, 2.05) is 61.7 Å². The molecule has 0 aliphatic carbocycles. The number of halogens is 3. The van der Waals surface area contributed by atoms with Gasteiger partial charge in [0.1, 0.15) is 52.4 Å². The largest absolute Gasteiger partial charge is 0.383 e. The van der Waals surface area contributed by atoms with E-state index in [0.29, 0.717) is 69.8 Å². The second-order valence-corrected chi connectivity index (χ2v) is 12.9. The predicted molar refractivity (Wildman–Crippen MR) is 215 cm³/mol. The van der Waals surface area contributed by atoms with E-state index in [1.165, 1.54) is 36.4 Å². The van der Waals surface area contributed by atoms with E-state index in [2.05, 4.69) is 40.5 Å². The second kappa shape index (κ2) is 15.6. The third-order valence-electron chi connectivity index (χ3n) is 8.65. The predicted octanol–water partition coefficient (Wildman–Crippen LogP) is 7.89. The molecule has 0 saturated carbocycles. The van der Waals surface area contributed by atoms with Gasteiger partial charge in [0, 0.05) is 68.3 Å². The Bertz CT molecular complexity index is 2670. The number of rotatable bonds is 9. The molecule has 284 valence electrons. The minimum atomic E-state index is -0.381. The molecule has 0 fully saturated rings. The van der Waals surface area contributed by atoms with Crippen molar-refractivity contribution in [2.24, 2.45) is 0 Å². The summed E-state index contributed by atoms with van der Waals surface area (Å²) < 4.78 is 44.6. The molecule has 4 heterocycles. The zero-order valence-electron chi connectivity index (χ0n) is 31.0. The molecule has 0 aliphatic heterocycles. The minimum Gasteiger partial charge on any atom is -0.383 e. The second-order valence-electron chi connectivity index (χ2n) is 12.9. The van der Waals surface area contributed by atoms with Gasteiger partial charge in [-0.15, -0.1) is 0 Å². The first-order valence-corrected chi connectivity index (χ1v) is 17.7. The SMILES string of the molecule is CCc1nc2ccc(F)cc2n1-c1cc(N)nc(Nc2ccc(N(C)C)cc2)n1.CCc1nc2ccc(F)cc2n1-c1cc(N)nc(Nc2cccc(F)c2)n1. The van der Waals surface area contributed by atoms with Crippen molar-refractivity contribution in [3.63, 3.8) is 0 Å². The molecular weight excluding hydrogens is 720 g/mol. The Hall–Kier alpha value is -7.23. The van der Waals surface area contributed by atoms with Gasteiger partial charge < -0.3 is 27.0 Å². The quantitative estimate of drug-likeness (QED) is 0.113. The summed E-state index contributed by atoms with van der Waals surface area (Å²) in [5.74, 6) is 2.48. The Balaban J connectivity index is 0.000000172.